The van der Waals surface area contributed by atoms with Crippen molar-refractivity contribution in [2.45, 2.75) is 44.7 Å². The highest BCUT2D eigenvalue weighted by Gasteiger charge is 2.34. The summed E-state index contributed by atoms with van der Waals surface area (Å²) in [4.78, 5) is 17.2. The number of aromatic nitrogens is 1. The first-order valence-electron chi connectivity index (χ1n) is 9.64. The lowest BCUT2D eigenvalue weighted by Gasteiger charge is -2.23. The number of halogens is 3. The molecular weight excluding hydrogens is 415 g/mol. The van der Waals surface area contributed by atoms with Gasteiger partial charge in [-0.25, -0.2) is 9.78 Å². The molecule has 1 aliphatic rings. The summed E-state index contributed by atoms with van der Waals surface area (Å²) < 4.78 is 48.7. The molecule has 0 unspecified atom stereocenters. The van der Waals surface area contributed by atoms with Crippen LogP contribution in [0.5, 0.6) is 11.5 Å². The number of anilines is 1. The molecule has 2 atom stereocenters. The summed E-state index contributed by atoms with van der Waals surface area (Å²) in [6, 6.07) is 8.42. The van der Waals surface area contributed by atoms with E-state index in [1.165, 1.54) is 6.07 Å². The molecule has 1 aliphatic heterocycles. The molecule has 2 N–H and O–H groups in total. The van der Waals surface area contributed by atoms with Crippen LogP contribution in [0.2, 0.25) is 0 Å². The molecule has 3 rings (SSSR count). The summed E-state index contributed by atoms with van der Waals surface area (Å²) >= 11 is 0. The number of β-amino-alcohol motifs (C(OH)–C–C–N with tert-alkyl or cyclic N) is 1. The molecule has 1 aromatic heterocycles. The number of pyridine rings is 1. The third-order valence-electron chi connectivity index (χ3n) is 4.44. The summed E-state index contributed by atoms with van der Waals surface area (Å²) in [6.07, 6.45) is -4.91. The molecule has 0 aliphatic carbocycles. The van der Waals surface area contributed by atoms with Crippen molar-refractivity contribution in [1.29, 1.82) is 0 Å². The lowest BCUT2D eigenvalue weighted by atomic mass is 10.2. The van der Waals surface area contributed by atoms with Gasteiger partial charge in [-0.1, -0.05) is 6.07 Å². The number of nitrogens with one attached hydrogen (secondary N) is 1. The number of alkyl carbamates (subject to hydrolysis) is 1. The molecule has 0 bridgehead atoms. The SMILES string of the molecule is CC(C)(C)OC(=O)N[C@@H]1CN(c2cccc(Oc3ccc(C(F)(F)F)nc3)c2)C[C@@H]1O. The number of benzene rings is 1. The maximum absolute atomic E-state index is 12.6. The minimum absolute atomic E-state index is 0.163. The first kappa shape index (κ1) is 22.7. The summed E-state index contributed by atoms with van der Waals surface area (Å²) in [5, 5.41) is 13.0. The normalized spacial score (nSPS) is 19.3. The first-order chi connectivity index (χ1) is 14.4. The number of ether oxygens (including phenoxy) is 2. The van der Waals surface area contributed by atoms with Crippen LogP contribution in [0.1, 0.15) is 26.5 Å². The number of hydrogen-bond acceptors (Lipinski definition) is 6. The molecule has 1 saturated heterocycles. The van der Waals surface area contributed by atoms with Gasteiger partial charge in [-0.15, -0.1) is 0 Å². The van der Waals surface area contributed by atoms with E-state index in [9.17, 15) is 23.1 Å². The second-order valence-electron chi connectivity index (χ2n) is 8.20. The number of rotatable bonds is 4. The second-order valence-corrected chi connectivity index (χ2v) is 8.20. The lowest BCUT2D eigenvalue weighted by Crippen LogP contribution is -2.45. The molecule has 2 heterocycles. The van der Waals surface area contributed by atoms with E-state index in [1.807, 2.05) is 4.90 Å². The molecule has 0 radical (unpaired) electrons. The van der Waals surface area contributed by atoms with Gasteiger partial charge in [-0.2, -0.15) is 13.2 Å². The Balaban J connectivity index is 1.64. The van der Waals surface area contributed by atoms with Crippen LogP contribution < -0.4 is 15.0 Å². The third kappa shape index (κ3) is 6.24. The van der Waals surface area contributed by atoms with Crippen LogP contribution in [0.15, 0.2) is 42.6 Å². The van der Waals surface area contributed by atoms with Gasteiger partial charge in [0.1, 0.15) is 22.8 Å². The highest BCUT2D eigenvalue weighted by Crippen LogP contribution is 2.31. The fraction of sp³-hybridized carbons (Fsp3) is 0.429. The number of nitrogens with zero attached hydrogens (tertiary/aromatic N) is 2. The van der Waals surface area contributed by atoms with Crippen molar-refractivity contribution >= 4 is 11.8 Å². The van der Waals surface area contributed by atoms with Gasteiger partial charge in [-0.05, 0) is 45.0 Å². The van der Waals surface area contributed by atoms with E-state index in [0.29, 0.717) is 12.3 Å². The highest BCUT2D eigenvalue weighted by molar-refractivity contribution is 5.68. The van der Waals surface area contributed by atoms with Crippen molar-refractivity contribution in [2.75, 3.05) is 18.0 Å². The van der Waals surface area contributed by atoms with Crippen LogP contribution in [-0.2, 0) is 10.9 Å². The maximum atomic E-state index is 12.6. The Hall–Kier alpha value is -3.01. The van der Waals surface area contributed by atoms with E-state index in [1.54, 1.807) is 45.0 Å². The predicted molar refractivity (Wildman–Crippen MR) is 107 cm³/mol. The maximum Gasteiger partial charge on any atom is 0.433 e. The monoisotopic (exact) mass is 439 g/mol. The molecule has 168 valence electrons. The van der Waals surface area contributed by atoms with Crippen molar-refractivity contribution in [1.82, 2.24) is 10.3 Å². The van der Waals surface area contributed by atoms with E-state index in [2.05, 4.69) is 10.3 Å². The Kier molecular flexibility index (Phi) is 6.30. The van der Waals surface area contributed by atoms with Gasteiger partial charge >= 0.3 is 12.3 Å². The topological polar surface area (TPSA) is 83.9 Å². The minimum Gasteiger partial charge on any atom is -0.456 e. The van der Waals surface area contributed by atoms with Crippen LogP contribution >= 0.6 is 0 Å². The van der Waals surface area contributed by atoms with Crippen molar-refractivity contribution in [3.05, 3.63) is 48.3 Å². The number of aliphatic hydroxyl groups excluding tert-OH is 1. The molecule has 1 aromatic carbocycles. The molecular formula is C21H24F3N3O4. The van der Waals surface area contributed by atoms with Crippen molar-refractivity contribution in [3.63, 3.8) is 0 Å². The second kappa shape index (κ2) is 8.62. The third-order valence-corrected chi connectivity index (χ3v) is 4.44. The van der Waals surface area contributed by atoms with Gasteiger partial charge in [0.25, 0.3) is 0 Å². The molecule has 31 heavy (non-hydrogen) atoms. The average molecular weight is 439 g/mol. The highest BCUT2D eigenvalue weighted by atomic mass is 19.4. The van der Waals surface area contributed by atoms with Crippen molar-refractivity contribution < 1.29 is 32.5 Å². The zero-order chi connectivity index (χ0) is 22.8. The number of hydrogen-bond donors (Lipinski definition) is 2. The fourth-order valence-electron chi connectivity index (χ4n) is 3.09. The van der Waals surface area contributed by atoms with E-state index < -0.39 is 35.7 Å². The zero-order valence-electron chi connectivity index (χ0n) is 17.3. The van der Waals surface area contributed by atoms with Crippen molar-refractivity contribution in [3.8, 4) is 11.5 Å². The van der Waals surface area contributed by atoms with Gasteiger partial charge in [0.2, 0.25) is 0 Å². The number of carbonyl (C=O) groups is 1. The van der Waals surface area contributed by atoms with Gasteiger partial charge in [-0.3, -0.25) is 0 Å². The van der Waals surface area contributed by atoms with Gasteiger partial charge in [0, 0.05) is 24.8 Å². The molecule has 10 heteroatoms. The molecule has 7 nitrogen and oxygen atoms in total. The molecule has 2 aromatic rings. The first-order valence-corrected chi connectivity index (χ1v) is 9.64. The van der Waals surface area contributed by atoms with Gasteiger partial charge < -0.3 is 24.8 Å². The summed E-state index contributed by atoms with van der Waals surface area (Å²) in [7, 11) is 0. The molecule has 0 saturated carbocycles. The van der Waals surface area contributed by atoms with Crippen molar-refractivity contribution in [2.24, 2.45) is 0 Å². The summed E-state index contributed by atoms with van der Waals surface area (Å²) in [6.45, 7) is 5.89. The average Bonchev–Trinajstić information content (AvgIpc) is 3.00. The van der Waals surface area contributed by atoms with Crippen LogP contribution in [0, 0.1) is 0 Å². The summed E-state index contributed by atoms with van der Waals surface area (Å²) in [5.74, 6) is 0.563. The number of amides is 1. The van der Waals surface area contributed by atoms with E-state index >= 15 is 0 Å². The zero-order valence-corrected chi connectivity index (χ0v) is 17.3. The quantitative estimate of drug-likeness (QED) is 0.750. The Morgan fingerprint density at radius 3 is 2.52 bits per heavy atom. The van der Waals surface area contributed by atoms with E-state index in [-0.39, 0.29) is 12.3 Å². The molecule has 1 fully saturated rings. The number of aliphatic hydroxyl groups is 1. The minimum atomic E-state index is -4.51. The number of carbonyl (C=O) groups excluding carboxylic acids is 1. The Labute approximate surface area is 177 Å². The van der Waals surface area contributed by atoms with Gasteiger partial charge in [0.05, 0.1) is 18.3 Å². The van der Waals surface area contributed by atoms with Crippen LogP contribution in [0.4, 0.5) is 23.7 Å². The standard InChI is InChI=1S/C21H24F3N3O4/c1-20(2,3)31-19(29)26-16-11-27(12-17(16)28)13-5-4-6-14(9-13)30-15-7-8-18(25-10-15)21(22,23)24/h4-10,16-17,28H,11-12H2,1-3H3,(H,26,29)/t16-,17+/m1/s1. The lowest BCUT2D eigenvalue weighted by molar-refractivity contribution is -0.141. The van der Waals surface area contributed by atoms with Crippen LogP contribution in [0.25, 0.3) is 0 Å². The van der Waals surface area contributed by atoms with Crippen LogP contribution in [0.3, 0.4) is 0 Å². The Bertz CT molecular complexity index is 913. The number of alkyl halides is 3. The van der Waals surface area contributed by atoms with Gasteiger partial charge in [0.15, 0.2) is 0 Å². The fourth-order valence-corrected chi connectivity index (χ4v) is 3.09. The molecule has 1 amide bonds. The van der Waals surface area contributed by atoms with E-state index in [0.717, 1.165) is 18.0 Å². The Morgan fingerprint density at radius 2 is 1.90 bits per heavy atom. The molecule has 0 spiro atoms. The predicted octanol–water partition coefficient (Wildman–Crippen LogP) is 3.97. The van der Waals surface area contributed by atoms with Crippen LogP contribution in [-0.4, -0.2) is 47.0 Å². The smallest absolute Gasteiger partial charge is 0.433 e. The largest absolute Gasteiger partial charge is 0.456 e. The van der Waals surface area contributed by atoms with E-state index in [4.69, 9.17) is 9.47 Å². The summed E-state index contributed by atoms with van der Waals surface area (Å²) in [5.41, 5.74) is -0.917. The Morgan fingerprint density at radius 1 is 1.16 bits per heavy atom.